The monoisotopic (exact) mass is 444 g/mol. The third kappa shape index (κ3) is 3.27. The van der Waals surface area contributed by atoms with Crippen LogP contribution in [0.25, 0.3) is 5.00 Å². The Balaban J connectivity index is 1.52. The molecular weight excluding hydrogens is 420 g/mol. The van der Waals surface area contributed by atoms with Gasteiger partial charge in [-0.25, -0.2) is 0 Å². The maximum atomic E-state index is 13.8. The fraction of sp³-hybridized carbons (Fsp3) is 0.269. The molecule has 1 amide bonds. The molecule has 1 aliphatic heterocycles. The van der Waals surface area contributed by atoms with Gasteiger partial charge in [-0.1, -0.05) is 36.4 Å². The predicted molar refractivity (Wildman–Crippen MR) is 127 cm³/mol. The molecule has 1 aromatic carbocycles. The SMILES string of the molecule is O=C(Cc1cccs1)N1Cc2c(sc3c2CCCC3)-n2cccc2[C@@H]1c1ccccc1. The van der Waals surface area contributed by atoms with Crippen molar-refractivity contribution in [2.75, 3.05) is 0 Å². The van der Waals surface area contributed by atoms with Crippen LogP contribution < -0.4 is 0 Å². The second-order valence-electron chi connectivity index (χ2n) is 8.39. The highest BCUT2D eigenvalue weighted by molar-refractivity contribution is 7.15. The topological polar surface area (TPSA) is 25.2 Å². The molecule has 0 radical (unpaired) electrons. The van der Waals surface area contributed by atoms with Crippen molar-refractivity contribution in [3.05, 3.63) is 98.3 Å². The highest BCUT2D eigenvalue weighted by Crippen LogP contribution is 2.44. The molecule has 31 heavy (non-hydrogen) atoms. The molecule has 156 valence electrons. The molecular formula is C26H24N2OS2. The van der Waals surface area contributed by atoms with Gasteiger partial charge in [0.25, 0.3) is 0 Å². The molecule has 4 aromatic rings. The maximum Gasteiger partial charge on any atom is 0.228 e. The highest BCUT2D eigenvalue weighted by Gasteiger charge is 2.35. The number of aromatic nitrogens is 1. The Morgan fingerprint density at radius 2 is 1.84 bits per heavy atom. The number of amides is 1. The second kappa shape index (κ2) is 7.81. The molecule has 6 rings (SSSR count). The first kappa shape index (κ1) is 19.1. The molecule has 0 saturated carbocycles. The number of aryl methyl sites for hydroxylation is 1. The van der Waals surface area contributed by atoms with Crippen LogP contribution in [-0.2, 0) is 30.6 Å². The fourth-order valence-electron chi connectivity index (χ4n) is 5.08. The molecule has 0 saturated heterocycles. The van der Waals surface area contributed by atoms with Crippen molar-refractivity contribution in [1.82, 2.24) is 9.47 Å². The molecule has 0 bridgehead atoms. The van der Waals surface area contributed by atoms with Gasteiger partial charge in [-0.15, -0.1) is 22.7 Å². The van der Waals surface area contributed by atoms with E-state index < -0.39 is 0 Å². The number of rotatable bonds is 3. The van der Waals surface area contributed by atoms with Gasteiger partial charge in [0.2, 0.25) is 5.91 Å². The van der Waals surface area contributed by atoms with Gasteiger partial charge < -0.3 is 9.47 Å². The minimum absolute atomic E-state index is 0.0810. The van der Waals surface area contributed by atoms with Gasteiger partial charge in [0.15, 0.2) is 0 Å². The number of nitrogens with zero attached hydrogens (tertiary/aromatic N) is 2. The van der Waals surface area contributed by atoms with Crippen molar-refractivity contribution >= 4 is 28.6 Å². The van der Waals surface area contributed by atoms with Crippen LogP contribution >= 0.6 is 22.7 Å². The molecule has 3 nitrogen and oxygen atoms in total. The van der Waals surface area contributed by atoms with E-state index in [0.29, 0.717) is 13.0 Å². The van der Waals surface area contributed by atoms with E-state index in [2.05, 4.69) is 63.5 Å². The number of hydrogen-bond acceptors (Lipinski definition) is 3. The summed E-state index contributed by atoms with van der Waals surface area (Å²) < 4.78 is 2.36. The van der Waals surface area contributed by atoms with Crippen LogP contribution in [-0.4, -0.2) is 15.4 Å². The maximum absolute atomic E-state index is 13.8. The van der Waals surface area contributed by atoms with Crippen LogP contribution in [0.3, 0.4) is 0 Å². The van der Waals surface area contributed by atoms with E-state index in [4.69, 9.17) is 0 Å². The molecule has 4 heterocycles. The number of thiophene rings is 2. The summed E-state index contributed by atoms with van der Waals surface area (Å²) in [6, 6.07) is 18.8. The lowest BCUT2D eigenvalue weighted by atomic mass is 9.95. The Labute approximate surface area is 190 Å². The van der Waals surface area contributed by atoms with Crippen molar-refractivity contribution in [1.29, 1.82) is 0 Å². The third-order valence-corrected chi connectivity index (χ3v) is 8.73. The molecule has 2 aliphatic rings. The van der Waals surface area contributed by atoms with Crippen molar-refractivity contribution in [3.8, 4) is 5.00 Å². The van der Waals surface area contributed by atoms with E-state index in [1.807, 2.05) is 23.5 Å². The van der Waals surface area contributed by atoms with Crippen molar-refractivity contribution in [2.24, 2.45) is 0 Å². The quantitative estimate of drug-likeness (QED) is 0.372. The molecule has 0 N–H and O–H groups in total. The molecule has 5 heteroatoms. The van der Waals surface area contributed by atoms with Gasteiger partial charge in [0.1, 0.15) is 5.00 Å². The van der Waals surface area contributed by atoms with E-state index in [1.54, 1.807) is 11.3 Å². The normalized spacial score (nSPS) is 17.5. The number of carbonyl (C=O) groups is 1. The van der Waals surface area contributed by atoms with Crippen LogP contribution in [0.5, 0.6) is 0 Å². The number of benzene rings is 1. The van der Waals surface area contributed by atoms with Gasteiger partial charge in [0, 0.05) is 28.1 Å². The molecule has 0 unspecified atom stereocenters. The summed E-state index contributed by atoms with van der Waals surface area (Å²) in [5.41, 5.74) is 5.23. The summed E-state index contributed by atoms with van der Waals surface area (Å²) in [6.45, 7) is 0.687. The largest absolute Gasteiger partial charge is 0.325 e. The average Bonchev–Trinajstić information content (AvgIpc) is 3.53. The smallest absolute Gasteiger partial charge is 0.228 e. The summed E-state index contributed by atoms with van der Waals surface area (Å²) in [7, 11) is 0. The van der Waals surface area contributed by atoms with Crippen molar-refractivity contribution in [3.63, 3.8) is 0 Å². The Morgan fingerprint density at radius 1 is 0.968 bits per heavy atom. The lowest BCUT2D eigenvalue weighted by Gasteiger charge is -2.31. The van der Waals surface area contributed by atoms with Crippen LogP contribution in [0.2, 0.25) is 0 Å². The average molecular weight is 445 g/mol. The van der Waals surface area contributed by atoms with E-state index in [1.165, 1.54) is 51.5 Å². The van der Waals surface area contributed by atoms with Crippen molar-refractivity contribution in [2.45, 2.75) is 44.7 Å². The lowest BCUT2D eigenvalue weighted by Crippen LogP contribution is -2.36. The van der Waals surface area contributed by atoms with Crippen molar-refractivity contribution < 1.29 is 4.79 Å². The summed E-state index contributed by atoms with van der Waals surface area (Å²) in [6.07, 6.45) is 7.48. The Morgan fingerprint density at radius 3 is 2.68 bits per heavy atom. The zero-order chi connectivity index (χ0) is 20.8. The van der Waals surface area contributed by atoms with E-state index in [-0.39, 0.29) is 11.9 Å². The third-order valence-electron chi connectivity index (χ3n) is 6.52. The lowest BCUT2D eigenvalue weighted by molar-refractivity contribution is -0.132. The first-order valence-corrected chi connectivity index (χ1v) is 12.7. The Bertz CT molecular complexity index is 1220. The highest BCUT2D eigenvalue weighted by atomic mass is 32.1. The fourth-order valence-corrected chi connectivity index (χ4v) is 7.18. The standard InChI is InChI=1S/C26H24N2OS2/c29-24(16-19-10-7-15-30-19)28-17-21-20-11-4-5-13-23(20)31-26(21)27-14-6-12-22(27)25(28)18-8-2-1-3-9-18/h1-3,6-10,12,14-15,25H,4-5,11,13,16-17H2/t25-/m0/s1. The summed E-state index contributed by atoms with van der Waals surface area (Å²) in [4.78, 5) is 18.5. The van der Waals surface area contributed by atoms with E-state index in [0.717, 1.165) is 11.3 Å². The molecule has 0 spiro atoms. The van der Waals surface area contributed by atoms with Crippen LogP contribution in [0.1, 0.15) is 51.0 Å². The zero-order valence-corrected chi connectivity index (χ0v) is 18.9. The first-order valence-electron chi connectivity index (χ1n) is 11.0. The Kier molecular flexibility index (Phi) is 4.81. The van der Waals surface area contributed by atoms with Gasteiger partial charge >= 0.3 is 0 Å². The predicted octanol–water partition coefficient (Wildman–Crippen LogP) is 6.15. The first-order chi connectivity index (χ1) is 15.3. The molecule has 1 aliphatic carbocycles. The number of hydrogen-bond donors (Lipinski definition) is 0. The minimum atomic E-state index is -0.0810. The van der Waals surface area contributed by atoms with Crippen LogP contribution in [0, 0.1) is 0 Å². The molecule has 3 aromatic heterocycles. The summed E-state index contributed by atoms with van der Waals surface area (Å²) in [5, 5.41) is 3.37. The second-order valence-corrected chi connectivity index (χ2v) is 10.5. The molecule has 0 fully saturated rings. The van der Waals surface area contributed by atoms with Crippen LogP contribution in [0.15, 0.2) is 66.2 Å². The number of carbonyl (C=O) groups excluding carboxylic acids is 1. The zero-order valence-electron chi connectivity index (χ0n) is 17.3. The van der Waals surface area contributed by atoms with E-state index >= 15 is 0 Å². The van der Waals surface area contributed by atoms with Crippen LogP contribution in [0.4, 0.5) is 0 Å². The minimum Gasteiger partial charge on any atom is -0.325 e. The number of fused-ring (bicyclic) bond motifs is 5. The Hall–Kier alpha value is -2.63. The summed E-state index contributed by atoms with van der Waals surface area (Å²) in [5.74, 6) is 0.202. The van der Waals surface area contributed by atoms with Gasteiger partial charge in [0.05, 0.1) is 18.2 Å². The van der Waals surface area contributed by atoms with Gasteiger partial charge in [-0.2, -0.15) is 0 Å². The van der Waals surface area contributed by atoms with Gasteiger partial charge in [-0.3, -0.25) is 4.79 Å². The van der Waals surface area contributed by atoms with Gasteiger partial charge in [-0.05, 0) is 60.4 Å². The molecule has 1 atom stereocenters. The summed E-state index contributed by atoms with van der Waals surface area (Å²) >= 11 is 3.61. The van der Waals surface area contributed by atoms with E-state index in [9.17, 15) is 4.79 Å².